The van der Waals surface area contributed by atoms with Crippen LogP contribution in [0.1, 0.15) is 12.8 Å². The molecule has 0 aliphatic heterocycles. The van der Waals surface area contributed by atoms with Gasteiger partial charge in [0.15, 0.2) is 0 Å². The van der Waals surface area contributed by atoms with Crippen molar-refractivity contribution in [2.45, 2.75) is 18.9 Å². The Bertz CT molecular complexity index is 299. The Balaban J connectivity index is 2.21. The van der Waals surface area contributed by atoms with Crippen LogP contribution < -0.4 is 10.5 Å². The van der Waals surface area contributed by atoms with Crippen molar-refractivity contribution in [3.8, 4) is 5.88 Å². The number of anilines is 1. The monoisotopic (exact) mass is 184 g/mol. The molecule has 0 unspecified atom stereocenters. The molecule has 1 aliphatic carbocycles. The summed E-state index contributed by atoms with van der Waals surface area (Å²) in [5.41, 5.74) is 6.17. The lowest BCUT2D eigenvalue weighted by Gasteiger charge is -2.05. The predicted octanol–water partition coefficient (Wildman–Crippen LogP) is 1.86. The van der Waals surface area contributed by atoms with Gasteiger partial charge in [0, 0.05) is 0 Å². The first kappa shape index (κ1) is 7.68. The van der Waals surface area contributed by atoms with Crippen LogP contribution in [-0.2, 0) is 0 Å². The van der Waals surface area contributed by atoms with E-state index in [0.29, 0.717) is 22.8 Å². The standard InChI is InChI=1S/C8H9ClN2O/c9-7-4-3-6(10)8(11-7)12-5-1-2-5/h3-5H,1-2,10H2. The molecule has 1 aromatic rings. The first-order valence-electron chi connectivity index (χ1n) is 3.84. The van der Waals surface area contributed by atoms with Gasteiger partial charge in [0.05, 0.1) is 5.69 Å². The summed E-state index contributed by atoms with van der Waals surface area (Å²) >= 11 is 5.67. The van der Waals surface area contributed by atoms with Crippen LogP contribution in [0.15, 0.2) is 12.1 Å². The lowest BCUT2D eigenvalue weighted by atomic mass is 10.4. The summed E-state index contributed by atoms with van der Waals surface area (Å²) in [4.78, 5) is 3.97. The summed E-state index contributed by atoms with van der Waals surface area (Å²) in [6, 6.07) is 3.35. The zero-order chi connectivity index (χ0) is 8.55. The number of ether oxygens (including phenoxy) is 1. The van der Waals surface area contributed by atoms with Crippen molar-refractivity contribution in [1.82, 2.24) is 4.98 Å². The van der Waals surface area contributed by atoms with Gasteiger partial charge in [-0.2, -0.15) is 4.98 Å². The van der Waals surface area contributed by atoms with Crippen molar-refractivity contribution in [3.63, 3.8) is 0 Å². The van der Waals surface area contributed by atoms with E-state index in [1.54, 1.807) is 12.1 Å². The molecule has 2 N–H and O–H groups in total. The van der Waals surface area contributed by atoms with E-state index >= 15 is 0 Å². The van der Waals surface area contributed by atoms with Crippen LogP contribution in [0.3, 0.4) is 0 Å². The Morgan fingerprint density at radius 1 is 1.50 bits per heavy atom. The highest BCUT2D eigenvalue weighted by atomic mass is 35.5. The van der Waals surface area contributed by atoms with Crippen LogP contribution in [0, 0.1) is 0 Å². The molecule has 3 nitrogen and oxygen atoms in total. The van der Waals surface area contributed by atoms with Crippen molar-refractivity contribution in [2.24, 2.45) is 0 Å². The summed E-state index contributed by atoms with van der Waals surface area (Å²) in [6.45, 7) is 0. The fraction of sp³-hybridized carbons (Fsp3) is 0.375. The van der Waals surface area contributed by atoms with Gasteiger partial charge in [-0.25, -0.2) is 0 Å². The molecular weight excluding hydrogens is 176 g/mol. The van der Waals surface area contributed by atoms with Gasteiger partial charge in [-0.15, -0.1) is 0 Å². The minimum absolute atomic E-state index is 0.304. The van der Waals surface area contributed by atoms with E-state index in [2.05, 4.69) is 4.98 Å². The molecule has 1 saturated carbocycles. The van der Waals surface area contributed by atoms with Crippen molar-refractivity contribution < 1.29 is 4.74 Å². The van der Waals surface area contributed by atoms with Gasteiger partial charge in [0.1, 0.15) is 11.3 Å². The molecule has 1 heterocycles. The van der Waals surface area contributed by atoms with E-state index in [0.717, 1.165) is 12.8 Å². The second-order valence-electron chi connectivity index (χ2n) is 2.85. The van der Waals surface area contributed by atoms with Crippen LogP contribution >= 0.6 is 11.6 Å². The van der Waals surface area contributed by atoms with E-state index in [9.17, 15) is 0 Å². The second kappa shape index (κ2) is 2.83. The Labute approximate surface area is 75.5 Å². The number of pyridine rings is 1. The summed E-state index contributed by atoms with van der Waals surface area (Å²) in [7, 11) is 0. The molecule has 12 heavy (non-hydrogen) atoms. The Kier molecular flexibility index (Phi) is 1.81. The molecule has 0 saturated heterocycles. The third kappa shape index (κ3) is 1.61. The molecule has 0 atom stereocenters. The summed E-state index contributed by atoms with van der Waals surface area (Å²) in [6.07, 6.45) is 2.49. The average molecular weight is 185 g/mol. The van der Waals surface area contributed by atoms with E-state index in [1.165, 1.54) is 0 Å². The number of hydrogen-bond donors (Lipinski definition) is 1. The SMILES string of the molecule is Nc1ccc(Cl)nc1OC1CC1. The van der Waals surface area contributed by atoms with Gasteiger partial charge in [-0.3, -0.25) is 0 Å². The Morgan fingerprint density at radius 3 is 2.92 bits per heavy atom. The minimum atomic E-state index is 0.304. The van der Waals surface area contributed by atoms with Gasteiger partial charge in [-0.05, 0) is 25.0 Å². The number of halogens is 1. The van der Waals surface area contributed by atoms with Crippen molar-refractivity contribution >= 4 is 17.3 Å². The third-order valence-corrected chi connectivity index (χ3v) is 1.87. The number of nitrogen functional groups attached to an aromatic ring is 1. The first-order chi connectivity index (χ1) is 5.75. The highest BCUT2D eigenvalue weighted by Crippen LogP contribution is 2.29. The molecule has 1 fully saturated rings. The zero-order valence-electron chi connectivity index (χ0n) is 6.46. The summed E-state index contributed by atoms with van der Waals surface area (Å²) in [5.74, 6) is 0.463. The molecular formula is C8H9ClN2O. The minimum Gasteiger partial charge on any atom is -0.473 e. The number of nitrogens with two attached hydrogens (primary N) is 1. The molecule has 4 heteroatoms. The lowest BCUT2D eigenvalue weighted by Crippen LogP contribution is -2.01. The van der Waals surface area contributed by atoms with Crippen LogP contribution in [0.4, 0.5) is 5.69 Å². The topological polar surface area (TPSA) is 48.1 Å². The summed E-state index contributed by atoms with van der Waals surface area (Å²) < 4.78 is 5.42. The smallest absolute Gasteiger partial charge is 0.238 e. The van der Waals surface area contributed by atoms with Gasteiger partial charge < -0.3 is 10.5 Å². The van der Waals surface area contributed by atoms with Crippen LogP contribution in [0.2, 0.25) is 5.15 Å². The molecule has 0 aromatic carbocycles. The van der Waals surface area contributed by atoms with Crippen molar-refractivity contribution in [3.05, 3.63) is 17.3 Å². The average Bonchev–Trinajstić information content (AvgIpc) is 2.81. The maximum Gasteiger partial charge on any atom is 0.238 e. The van der Waals surface area contributed by atoms with E-state index in [4.69, 9.17) is 22.1 Å². The fourth-order valence-electron chi connectivity index (χ4n) is 0.867. The van der Waals surface area contributed by atoms with Gasteiger partial charge in [0.2, 0.25) is 5.88 Å². The maximum absolute atomic E-state index is 5.67. The number of nitrogens with zero attached hydrogens (tertiary/aromatic N) is 1. The lowest BCUT2D eigenvalue weighted by molar-refractivity contribution is 0.293. The zero-order valence-corrected chi connectivity index (χ0v) is 7.21. The highest BCUT2D eigenvalue weighted by Gasteiger charge is 2.24. The van der Waals surface area contributed by atoms with Crippen LogP contribution in [0.5, 0.6) is 5.88 Å². The highest BCUT2D eigenvalue weighted by molar-refractivity contribution is 6.29. The van der Waals surface area contributed by atoms with Gasteiger partial charge in [-0.1, -0.05) is 11.6 Å². The van der Waals surface area contributed by atoms with Crippen LogP contribution in [-0.4, -0.2) is 11.1 Å². The first-order valence-corrected chi connectivity index (χ1v) is 4.22. The fourth-order valence-corrected chi connectivity index (χ4v) is 1.01. The Morgan fingerprint density at radius 2 is 2.25 bits per heavy atom. The van der Waals surface area contributed by atoms with Gasteiger partial charge >= 0.3 is 0 Å². The normalized spacial score (nSPS) is 16.1. The quantitative estimate of drug-likeness (QED) is 0.714. The van der Waals surface area contributed by atoms with E-state index < -0.39 is 0 Å². The molecule has 64 valence electrons. The molecule has 1 aromatic heterocycles. The molecule has 0 spiro atoms. The molecule has 0 radical (unpaired) electrons. The largest absolute Gasteiger partial charge is 0.473 e. The van der Waals surface area contributed by atoms with Crippen molar-refractivity contribution in [2.75, 3.05) is 5.73 Å². The van der Waals surface area contributed by atoms with Crippen LogP contribution in [0.25, 0.3) is 0 Å². The maximum atomic E-state index is 5.67. The summed E-state index contributed by atoms with van der Waals surface area (Å²) in [5, 5.41) is 0.417. The molecule has 0 bridgehead atoms. The Hall–Kier alpha value is -0.960. The molecule has 2 rings (SSSR count). The van der Waals surface area contributed by atoms with Crippen molar-refractivity contribution in [1.29, 1.82) is 0 Å². The van der Waals surface area contributed by atoms with E-state index in [1.807, 2.05) is 0 Å². The predicted molar refractivity (Wildman–Crippen MR) is 47.3 cm³/mol. The van der Waals surface area contributed by atoms with E-state index in [-0.39, 0.29) is 0 Å². The molecule has 0 amide bonds. The second-order valence-corrected chi connectivity index (χ2v) is 3.23. The number of rotatable bonds is 2. The molecule has 1 aliphatic rings. The number of hydrogen-bond acceptors (Lipinski definition) is 3. The number of aromatic nitrogens is 1. The van der Waals surface area contributed by atoms with Gasteiger partial charge in [0.25, 0.3) is 0 Å². The third-order valence-electron chi connectivity index (χ3n) is 1.66.